The normalized spacial score (nSPS) is 17.5. The molecule has 1 aliphatic rings. The van der Waals surface area contributed by atoms with Crippen molar-refractivity contribution in [2.24, 2.45) is 0 Å². The number of hydrogen-bond acceptors (Lipinski definition) is 3. The van der Waals surface area contributed by atoms with Gasteiger partial charge in [-0.05, 0) is 48.9 Å². The zero-order valence-corrected chi connectivity index (χ0v) is 16.6. The van der Waals surface area contributed by atoms with Crippen LogP contribution < -0.4 is 10.6 Å². The molecule has 2 aromatic carbocycles. The van der Waals surface area contributed by atoms with Gasteiger partial charge in [0, 0.05) is 5.56 Å². The maximum Gasteiger partial charge on any atom is 0.237 e. The van der Waals surface area contributed by atoms with E-state index in [2.05, 4.69) is 10.6 Å². The molecule has 0 aliphatic carbocycles. The smallest absolute Gasteiger partial charge is 0.237 e. The van der Waals surface area contributed by atoms with Gasteiger partial charge in [0.2, 0.25) is 5.91 Å². The molecule has 0 saturated carbocycles. The first kappa shape index (κ1) is 20.2. The molecule has 1 aliphatic heterocycles. The molecule has 4 nitrogen and oxygen atoms in total. The maximum atomic E-state index is 15.5. The molecule has 2 N–H and O–H groups in total. The number of nitrogens with one attached hydrogen (secondary N) is 2. The van der Waals surface area contributed by atoms with Crippen molar-refractivity contribution in [3.05, 3.63) is 59.4 Å². The van der Waals surface area contributed by atoms with Crippen molar-refractivity contribution < 1.29 is 14.0 Å². The highest BCUT2D eigenvalue weighted by atomic mass is 19.1. The van der Waals surface area contributed by atoms with E-state index in [0.717, 1.165) is 19.4 Å². The Balaban J connectivity index is 2.08. The Hall–Kier alpha value is -2.53. The second kappa shape index (κ2) is 8.65. The molecule has 1 fully saturated rings. The predicted molar refractivity (Wildman–Crippen MR) is 109 cm³/mol. The van der Waals surface area contributed by atoms with Crippen molar-refractivity contribution >= 4 is 11.7 Å². The lowest BCUT2D eigenvalue weighted by Crippen LogP contribution is -2.43. The molecular formula is C23H27FN2O2. The Kier molecular flexibility index (Phi) is 6.25. The summed E-state index contributed by atoms with van der Waals surface area (Å²) in [4.78, 5) is 25.1. The van der Waals surface area contributed by atoms with Crippen LogP contribution in [-0.2, 0) is 9.59 Å². The molecule has 28 heavy (non-hydrogen) atoms. The molecule has 1 heterocycles. The highest BCUT2D eigenvalue weighted by molar-refractivity contribution is 5.92. The first-order valence-electron chi connectivity index (χ1n) is 9.82. The molecule has 0 radical (unpaired) electrons. The fourth-order valence-corrected chi connectivity index (χ4v) is 3.74. The topological polar surface area (TPSA) is 58.2 Å². The molecule has 2 aromatic rings. The van der Waals surface area contributed by atoms with Gasteiger partial charge in [-0.25, -0.2) is 4.39 Å². The Morgan fingerprint density at radius 2 is 1.79 bits per heavy atom. The highest BCUT2D eigenvalue weighted by Crippen LogP contribution is 2.35. The fraction of sp³-hybridized carbons (Fsp3) is 0.391. The van der Waals surface area contributed by atoms with Crippen LogP contribution in [0.4, 0.5) is 4.39 Å². The number of rotatable bonds is 6. The highest BCUT2D eigenvalue weighted by Gasteiger charge is 2.30. The van der Waals surface area contributed by atoms with Crippen molar-refractivity contribution in [2.45, 2.75) is 51.6 Å². The van der Waals surface area contributed by atoms with Crippen LogP contribution in [0.3, 0.4) is 0 Å². The van der Waals surface area contributed by atoms with E-state index in [9.17, 15) is 9.59 Å². The zero-order chi connectivity index (χ0) is 20.3. The van der Waals surface area contributed by atoms with Gasteiger partial charge in [-0.1, -0.05) is 56.3 Å². The zero-order valence-electron chi connectivity index (χ0n) is 16.6. The lowest BCUT2D eigenvalue weighted by molar-refractivity contribution is -0.128. The number of carbonyl (C=O) groups excluding carboxylic acids is 2. The molecular weight excluding hydrogens is 355 g/mol. The van der Waals surface area contributed by atoms with Gasteiger partial charge in [-0.3, -0.25) is 9.59 Å². The molecule has 3 rings (SSSR count). The van der Waals surface area contributed by atoms with Crippen LogP contribution in [0, 0.1) is 5.82 Å². The Morgan fingerprint density at radius 3 is 2.36 bits per heavy atom. The van der Waals surface area contributed by atoms with Gasteiger partial charge in [-0.2, -0.15) is 0 Å². The second-order valence-electron chi connectivity index (χ2n) is 7.65. The third kappa shape index (κ3) is 4.14. The van der Waals surface area contributed by atoms with E-state index < -0.39 is 6.04 Å². The van der Waals surface area contributed by atoms with Crippen molar-refractivity contribution in [1.29, 1.82) is 0 Å². The summed E-state index contributed by atoms with van der Waals surface area (Å²) >= 11 is 0. The molecule has 148 valence electrons. The van der Waals surface area contributed by atoms with Crippen LogP contribution in [0.1, 0.15) is 56.7 Å². The van der Waals surface area contributed by atoms with Gasteiger partial charge in [0.1, 0.15) is 11.9 Å². The minimum absolute atomic E-state index is 0.00423. The van der Waals surface area contributed by atoms with Crippen LogP contribution >= 0.6 is 0 Å². The van der Waals surface area contributed by atoms with Gasteiger partial charge in [-0.15, -0.1) is 0 Å². The number of hydrogen-bond donors (Lipinski definition) is 2. The fourth-order valence-electron chi connectivity index (χ4n) is 3.74. The van der Waals surface area contributed by atoms with E-state index in [1.165, 1.54) is 6.92 Å². The third-order valence-corrected chi connectivity index (χ3v) is 5.27. The van der Waals surface area contributed by atoms with Crippen molar-refractivity contribution in [3.8, 4) is 11.1 Å². The van der Waals surface area contributed by atoms with E-state index in [1.807, 2.05) is 44.2 Å². The Bertz CT molecular complexity index is 858. The standard InChI is InChI=1S/C23H27FN2O2/c1-14(2)17-11-12-18(20(21(17)24)16-8-5-4-6-9-16)22(15(3)27)26-23(28)19-10-7-13-25-19/h4-6,8-9,11-12,14,19,22,25H,7,10,13H2,1-3H3,(H,26,28). The number of amides is 1. The molecule has 5 heteroatoms. The summed E-state index contributed by atoms with van der Waals surface area (Å²) in [6.45, 7) is 6.08. The number of carbonyl (C=O) groups is 2. The summed E-state index contributed by atoms with van der Waals surface area (Å²) in [6.07, 6.45) is 1.67. The molecule has 0 spiro atoms. The molecule has 1 amide bonds. The number of benzene rings is 2. The van der Waals surface area contributed by atoms with Gasteiger partial charge >= 0.3 is 0 Å². The minimum atomic E-state index is -0.888. The maximum absolute atomic E-state index is 15.5. The van der Waals surface area contributed by atoms with Crippen molar-refractivity contribution in [3.63, 3.8) is 0 Å². The molecule has 0 bridgehead atoms. The van der Waals surface area contributed by atoms with Gasteiger partial charge < -0.3 is 10.6 Å². The van der Waals surface area contributed by atoms with Crippen LogP contribution in [-0.4, -0.2) is 24.3 Å². The van der Waals surface area contributed by atoms with Crippen molar-refractivity contribution in [1.82, 2.24) is 10.6 Å². The van der Waals surface area contributed by atoms with Crippen LogP contribution in [0.2, 0.25) is 0 Å². The summed E-state index contributed by atoms with van der Waals surface area (Å²) in [7, 11) is 0. The van der Waals surface area contributed by atoms with E-state index >= 15 is 4.39 Å². The monoisotopic (exact) mass is 382 g/mol. The molecule has 0 aromatic heterocycles. The van der Waals surface area contributed by atoms with E-state index in [4.69, 9.17) is 0 Å². The Labute approximate surface area is 165 Å². The summed E-state index contributed by atoms with van der Waals surface area (Å²) < 4.78 is 15.5. The van der Waals surface area contributed by atoms with Gasteiger partial charge in [0.15, 0.2) is 5.78 Å². The van der Waals surface area contributed by atoms with Gasteiger partial charge in [0.25, 0.3) is 0 Å². The summed E-state index contributed by atoms with van der Waals surface area (Å²) in [6, 6.07) is 11.5. The third-order valence-electron chi connectivity index (χ3n) is 5.27. The largest absolute Gasteiger partial charge is 0.341 e. The lowest BCUT2D eigenvalue weighted by atomic mass is 9.88. The van der Waals surface area contributed by atoms with Crippen LogP contribution in [0.5, 0.6) is 0 Å². The Morgan fingerprint density at radius 1 is 1.11 bits per heavy atom. The quantitative estimate of drug-likeness (QED) is 0.790. The predicted octanol–water partition coefficient (Wildman–Crippen LogP) is 4.11. The second-order valence-corrected chi connectivity index (χ2v) is 7.65. The van der Waals surface area contributed by atoms with Crippen LogP contribution in [0.15, 0.2) is 42.5 Å². The van der Waals surface area contributed by atoms with Crippen molar-refractivity contribution in [2.75, 3.05) is 6.54 Å². The number of ketones is 1. The number of Topliss-reactive ketones (excluding diaryl/α,β-unsaturated/α-hetero) is 1. The molecule has 2 unspecified atom stereocenters. The average Bonchev–Trinajstić information content (AvgIpc) is 3.20. The summed E-state index contributed by atoms with van der Waals surface area (Å²) in [5, 5.41) is 5.98. The first-order chi connectivity index (χ1) is 13.4. The molecule has 2 atom stereocenters. The van der Waals surface area contributed by atoms with E-state index in [-0.39, 0.29) is 29.5 Å². The van der Waals surface area contributed by atoms with Gasteiger partial charge in [0.05, 0.1) is 6.04 Å². The van der Waals surface area contributed by atoms with E-state index in [1.54, 1.807) is 12.1 Å². The summed E-state index contributed by atoms with van der Waals surface area (Å²) in [5.74, 6) is -0.770. The minimum Gasteiger partial charge on any atom is -0.341 e. The van der Waals surface area contributed by atoms with E-state index in [0.29, 0.717) is 22.3 Å². The summed E-state index contributed by atoms with van der Waals surface area (Å²) in [5.41, 5.74) is 2.16. The first-order valence-corrected chi connectivity index (χ1v) is 9.82. The number of halogens is 1. The van der Waals surface area contributed by atoms with Crippen LogP contribution in [0.25, 0.3) is 11.1 Å². The lowest BCUT2D eigenvalue weighted by Gasteiger charge is -2.23. The SMILES string of the molecule is CC(=O)C(NC(=O)C1CCCN1)c1ccc(C(C)C)c(F)c1-c1ccccc1. The average molecular weight is 382 g/mol. The molecule has 1 saturated heterocycles.